The van der Waals surface area contributed by atoms with E-state index in [2.05, 4.69) is 20.0 Å². The Hall–Kier alpha value is -2.92. The summed E-state index contributed by atoms with van der Waals surface area (Å²) in [6.45, 7) is 0. The monoisotopic (exact) mass is 339 g/mol. The Morgan fingerprint density at radius 2 is 1.75 bits per heavy atom. The van der Waals surface area contributed by atoms with Crippen molar-refractivity contribution in [3.8, 4) is 11.4 Å². The lowest BCUT2D eigenvalue weighted by Gasteiger charge is -2.08. The fourth-order valence-electron chi connectivity index (χ4n) is 2.15. The van der Waals surface area contributed by atoms with Crippen LogP contribution in [0.15, 0.2) is 60.7 Å². The molecule has 3 rings (SSSR count). The molecule has 1 N–H and O–H groups in total. The summed E-state index contributed by atoms with van der Waals surface area (Å²) in [5.41, 5.74) is 2.13. The molecule has 24 heavy (non-hydrogen) atoms. The summed E-state index contributed by atoms with van der Waals surface area (Å²) in [5, 5.41) is 3.50. The number of aromatic nitrogens is 2. The SMILES string of the molecule is COC(=O)c1ccc(Nc2cc(Cl)nc(-c3ccccc3)n2)cc1. The molecule has 1 heterocycles. The van der Waals surface area contributed by atoms with E-state index in [4.69, 9.17) is 11.6 Å². The van der Waals surface area contributed by atoms with Gasteiger partial charge in [-0.25, -0.2) is 14.8 Å². The van der Waals surface area contributed by atoms with Crippen molar-refractivity contribution in [3.05, 3.63) is 71.4 Å². The molecule has 0 amide bonds. The predicted molar refractivity (Wildman–Crippen MR) is 93.5 cm³/mol. The van der Waals surface area contributed by atoms with Crippen LogP contribution in [0.5, 0.6) is 0 Å². The van der Waals surface area contributed by atoms with Crippen molar-refractivity contribution in [1.29, 1.82) is 0 Å². The van der Waals surface area contributed by atoms with Gasteiger partial charge in [0.25, 0.3) is 0 Å². The van der Waals surface area contributed by atoms with Gasteiger partial charge in [-0.2, -0.15) is 0 Å². The highest BCUT2D eigenvalue weighted by Crippen LogP contribution is 2.22. The van der Waals surface area contributed by atoms with Crippen molar-refractivity contribution in [2.24, 2.45) is 0 Å². The third-order valence-corrected chi connectivity index (χ3v) is 3.50. The van der Waals surface area contributed by atoms with Gasteiger partial charge in [-0.3, -0.25) is 0 Å². The molecular weight excluding hydrogens is 326 g/mol. The minimum atomic E-state index is -0.377. The molecule has 0 aliphatic rings. The highest BCUT2D eigenvalue weighted by atomic mass is 35.5. The van der Waals surface area contributed by atoms with Gasteiger partial charge in [0.15, 0.2) is 5.82 Å². The molecule has 1 aromatic heterocycles. The molecule has 0 saturated heterocycles. The normalized spacial score (nSPS) is 10.2. The first-order chi connectivity index (χ1) is 11.7. The standard InChI is InChI=1S/C18H14ClN3O2/c1-24-18(23)13-7-9-14(10-8-13)20-16-11-15(19)21-17(22-16)12-5-3-2-4-6-12/h2-11H,1H3,(H,20,21,22). The Bertz CT molecular complexity index is 852. The Morgan fingerprint density at radius 1 is 1.04 bits per heavy atom. The quantitative estimate of drug-likeness (QED) is 0.566. The van der Waals surface area contributed by atoms with E-state index in [1.165, 1.54) is 7.11 Å². The molecular formula is C18H14ClN3O2. The maximum Gasteiger partial charge on any atom is 0.337 e. The molecule has 3 aromatic rings. The maximum atomic E-state index is 11.4. The summed E-state index contributed by atoms with van der Waals surface area (Å²) >= 11 is 6.10. The van der Waals surface area contributed by atoms with Crippen LogP contribution in [-0.4, -0.2) is 23.0 Å². The lowest BCUT2D eigenvalue weighted by atomic mass is 10.2. The molecule has 0 fully saturated rings. The molecule has 5 nitrogen and oxygen atoms in total. The summed E-state index contributed by atoms with van der Waals surface area (Å²) in [4.78, 5) is 20.2. The summed E-state index contributed by atoms with van der Waals surface area (Å²) in [6, 6.07) is 18.1. The van der Waals surface area contributed by atoms with Crippen molar-refractivity contribution in [2.75, 3.05) is 12.4 Å². The Labute approximate surface area is 144 Å². The van der Waals surface area contributed by atoms with Crippen LogP contribution in [0.3, 0.4) is 0 Å². The number of rotatable bonds is 4. The predicted octanol–water partition coefficient (Wildman–Crippen LogP) is 4.33. The average Bonchev–Trinajstić information content (AvgIpc) is 2.62. The summed E-state index contributed by atoms with van der Waals surface area (Å²) in [6.07, 6.45) is 0. The van der Waals surface area contributed by atoms with Crippen molar-refractivity contribution < 1.29 is 9.53 Å². The minimum Gasteiger partial charge on any atom is -0.465 e. The zero-order chi connectivity index (χ0) is 16.9. The van der Waals surface area contributed by atoms with E-state index in [0.717, 1.165) is 11.3 Å². The second-order valence-corrected chi connectivity index (χ2v) is 5.35. The smallest absolute Gasteiger partial charge is 0.337 e. The molecule has 2 aromatic carbocycles. The zero-order valence-corrected chi connectivity index (χ0v) is 13.6. The number of hydrogen-bond acceptors (Lipinski definition) is 5. The maximum absolute atomic E-state index is 11.4. The molecule has 0 unspecified atom stereocenters. The lowest BCUT2D eigenvalue weighted by molar-refractivity contribution is 0.0601. The average molecular weight is 340 g/mol. The van der Waals surface area contributed by atoms with Crippen LogP contribution in [0.4, 0.5) is 11.5 Å². The Morgan fingerprint density at radius 3 is 2.42 bits per heavy atom. The second-order valence-electron chi connectivity index (χ2n) is 4.96. The second kappa shape index (κ2) is 7.10. The highest BCUT2D eigenvalue weighted by molar-refractivity contribution is 6.29. The largest absolute Gasteiger partial charge is 0.465 e. The van der Waals surface area contributed by atoms with Gasteiger partial charge in [0.1, 0.15) is 11.0 Å². The van der Waals surface area contributed by atoms with Crippen LogP contribution in [-0.2, 0) is 4.74 Å². The van der Waals surface area contributed by atoms with E-state index >= 15 is 0 Å². The van der Waals surface area contributed by atoms with Crippen LogP contribution in [0.1, 0.15) is 10.4 Å². The third-order valence-electron chi connectivity index (χ3n) is 3.31. The van der Waals surface area contributed by atoms with Crippen LogP contribution in [0.2, 0.25) is 5.15 Å². The van der Waals surface area contributed by atoms with Gasteiger partial charge < -0.3 is 10.1 Å². The first kappa shape index (κ1) is 16.0. The molecule has 0 spiro atoms. The summed E-state index contributed by atoms with van der Waals surface area (Å²) < 4.78 is 4.68. The number of nitrogens with zero attached hydrogens (tertiary/aromatic N) is 2. The van der Waals surface area contributed by atoms with E-state index in [0.29, 0.717) is 22.4 Å². The molecule has 0 radical (unpaired) electrons. The third kappa shape index (κ3) is 3.70. The number of esters is 1. The Balaban J connectivity index is 1.85. The van der Waals surface area contributed by atoms with Gasteiger partial charge >= 0.3 is 5.97 Å². The zero-order valence-electron chi connectivity index (χ0n) is 12.9. The number of carbonyl (C=O) groups excluding carboxylic acids is 1. The van der Waals surface area contributed by atoms with E-state index in [1.54, 1.807) is 30.3 Å². The van der Waals surface area contributed by atoms with Gasteiger partial charge in [0.05, 0.1) is 12.7 Å². The number of benzene rings is 2. The fourth-order valence-corrected chi connectivity index (χ4v) is 2.34. The minimum absolute atomic E-state index is 0.345. The number of nitrogens with one attached hydrogen (secondary N) is 1. The number of hydrogen-bond donors (Lipinski definition) is 1. The molecule has 0 aliphatic heterocycles. The number of methoxy groups -OCH3 is 1. The molecule has 0 saturated carbocycles. The first-order valence-corrected chi connectivity index (χ1v) is 7.59. The molecule has 6 heteroatoms. The first-order valence-electron chi connectivity index (χ1n) is 7.21. The highest BCUT2D eigenvalue weighted by Gasteiger charge is 2.07. The number of carbonyl (C=O) groups is 1. The van der Waals surface area contributed by atoms with Gasteiger partial charge in [0.2, 0.25) is 0 Å². The molecule has 0 bridgehead atoms. The number of halogens is 1. The van der Waals surface area contributed by atoms with E-state index in [1.807, 2.05) is 30.3 Å². The molecule has 0 atom stereocenters. The van der Waals surface area contributed by atoms with Gasteiger partial charge in [-0.15, -0.1) is 0 Å². The van der Waals surface area contributed by atoms with E-state index in [-0.39, 0.29) is 5.97 Å². The summed E-state index contributed by atoms with van der Waals surface area (Å²) in [7, 11) is 1.35. The number of anilines is 2. The topological polar surface area (TPSA) is 64.1 Å². The van der Waals surface area contributed by atoms with Crippen LogP contribution in [0, 0.1) is 0 Å². The summed E-state index contributed by atoms with van der Waals surface area (Å²) in [5.74, 6) is 0.731. The van der Waals surface area contributed by atoms with Gasteiger partial charge in [-0.05, 0) is 24.3 Å². The Kier molecular flexibility index (Phi) is 4.72. The van der Waals surface area contributed by atoms with E-state index < -0.39 is 0 Å². The fraction of sp³-hybridized carbons (Fsp3) is 0.0556. The van der Waals surface area contributed by atoms with Crippen LogP contribution in [0.25, 0.3) is 11.4 Å². The van der Waals surface area contributed by atoms with Crippen LogP contribution < -0.4 is 5.32 Å². The van der Waals surface area contributed by atoms with Gasteiger partial charge in [0, 0.05) is 17.3 Å². The molecule has 120 valence electrons. The van der Waals surface area contributed by atoms with Crippen molar-refractivity contribution in [2.45, 2.75) is 0 Å². The van der Waals surface area contributed by atoms with Crippen LogP contribution >= 0.6 is 11.6 Å². The van der Waals surface area contributed by atoms with E-state index in [9.17, 15) is 4.79 Å². The molecule has 0 aliphatic carbocycles. The van der Waals surface area contributed by atoms with Crippen molar-refractivity contribution >= 4 is 29.1 Å². The number of ether oxygens (including phenoxy) is 1. The lowest BCUT2D eigenvalue weighted by Crippen LogP contribution is -2.01. The van der Waals surface area contributed by atoms with Crippen molar-refractivity contribution in [1.82, 2.24) is 9.97 Å². The van der Waals surface area contributed by atoms with Gasteiger partial charge in [-0.1, -0.05) is 41.9 Å². The van der Waals surface area contributed by atoms with Crippen molar-refractivity contribution in [3.63, 3.8) is 0 Å².